The second-order valence-electron chi connectivity index (χ2n) is 4.27. The van der Waals surface area contributed by atoms with Crippen molar-refractivity contribution in [2.75, 3.05) is 30.9 Å². The molecule has 1 amide bonds. The average Bonchev–Trinajstić information content (AvgIpc) is 2.89. The van der Waals surface area contributed by atoms with Crippen LogP contribution in [0.2, 0.25) is 0 Å². The molecule has 1 aromatic heterocycles. The van der Waals surface area contributed by atoms with Crippen LogP contribution in [0.3, 0.4) is 0 Å². The largest absolute Gasteiger partial charge is 0.360 e. The molecule has 1 aromatic rings. The topological polar surface area (TPSA) is 58.1 Å². The molecule has 1 rings (SSSR count). The minimum absolute atomic E-state index is 0.0389. The van der Waals surface area contributed by atoms with Crippen LogP contribution in [0, 0.1) is 0 Å². The highest BCUT2D eigenvalue weighted by Crippen LogP contribution is 2.18. The number of carbonyl (C=O) groups is 1. The summed E-state index contributed by atoms with van der Waals surface area (Å²) in [6.07, 6.45) is 4.02. The van der Waals surface area contributed by atoms with Crippen molar-refractivity contribution in [3.05, 3.63) is 5.01 Å². The van der Waals surface area contributed by atoms with E-state index in [9.17, 15) is 4.79 Å². The maximum Gasteiger partial charge on any atom is 0.284 e. The van der Waals surface area contributed by atoms with Crippen molar-refractivity contribution in [2.24, 2.45) is 0 Å². The highest BCUT2D eigenvalue weighted by Gasteiger charge is 2.22. The Kier molecular flexibility index (Phi) is 7.15. The van der Waals surface area contributed by atoms with E-state index in [4.69, 9.17) is 0 Å². The van der Waals surface area contributed by atoms with Crippen molar-refractivity contribution in [2.45, 2.75) is 32.7 Å². The molecule has 0 saturated carbocycles. The first-order chi connectivity index (χ1) is 9.13. The summed E-state index contributed by atoms with van der Waals surface area (Å²) < 4.78 is 0. The van der Waals surface area contributed by atoms with Crippen molar-refractivity contribution in [1.29, 1.82) is 0 Å². The molecule has 5 nitrogen and oxygen atoms in total. The number of carbonyl (C=O) groups excluding carboxylic acids is 1. The summed E-state index contributed by atoms with van der Waals surface area (Å²) in [7, 11) is 1.84. The fourth-order valence-corrected chi connectivity index (χ4v) is 3.22. The van der Waals surface area contributed by atoms with Crippen LogP contribution >= 0.6 is 23.1 Å². The van der Waals surface area contributed by atoms with Gasteiger partial charge >= 0.3 is 0 Å². The van der Waals surface area contributed by atoms with Gasteiger partial charge in [-0.3, -0.25) is 4.79 Å². The Morgan fingerprint density at radius 3 is 2.79 bits per heavy atom. The third kappa shape index (κ3) is 4.65. The van der Waals surface area contributed by atoms with Crippen molar-refractivity contribution in [3.8, 4) is 0 Å². The number of aromatic nitrogens is 2. The van der Waals surface area contributed by atoms with E-state index in [0.717, 1.165) is 30.3 Å². The molecular formula is C12H22N4OS2. The number of hydrogen-bond donors (Lipinski definition) is 1. The number of nitrogens with zero attached hydrogens (tertiary/aromatic N) is 3. The number of amides is 1. The van der Waals surface area contributed by atoms with Gasteiger partial charge in [-0.05, 0) is 19.1 Å². The Morgan fingerprint density at radius 1 is 1.47 bits per heavy atom. The molecule has 0 aliphatic heterocycles. The summed E-state index contributed by atoms with van der Waals surface area (Å²) in [4.78, 5) is 14.1. The van der Waals surface area contributed by atoms with Gasteiger partial charge in [0.2, 0.25) is 10.1 Å². The minimum Gasteiger partial charge on any atom is -0.360 e. The first-order valence-corrected chi connectivity index (χ1v) is 8.68. The summed E-state index contributed by atoms with van der Waals surface area (Å²) in [5.74, 6) is 0.904. The highest BCUT2D eigenvalue weighted by atomic mass is 32.2. The van der Waals surface area contributed by atoms with Gasteiger partial charge in [0.05, 0.1) is 0 Å². The van der Waals surface area contributed by atoms with Crippen molar-refractivity contribution >= 4 is 34.1 Å². The Balaban J connectivity index is 2.67. The fraction of sp³-hybridized carbons (Fsp3) is 0.750. The fourth-order valence-electron chi connectivity index (χ4n) is 1.63. The molecule has 0 fully saturated rings. The van der Waals surface area contributed by atoms with E-state index in [1.807, 2.05) is 7.05 Å². The zero-order valence-corrected chi connectivity index (χ0v) is 13.6. The molecule has 0 aliphatic rings. The molecule has 0 spiro atoms. The molecular weight excluding hydrogens is 280 g/mol. The van der Waals surface area contributed by atoms with Gasteiger partial charge in [0.15, 0.2) is 0 Å². The van der Waals surface area contributed by atoms with Gasteiger partial charge in [0, 0.05) is 25.4 Å². The van der Waals surface area contributed by atoms with Crippen LogP contribution in [-0.4, -0.2) is 52.6 Å². The lowest BCUT2D eigenvalue weighted by Gasteiger charge is -2.25. The van der Waals surface area contributed by atoms with Gasteiger partial charge in [-0.15, -0.1) is 10.2 Å². The lowest BCUT2D eigenvalue weighted by Crippen LogP contribution is -2.38. The van der Waals surface area contributed by atoms with E-state index >= 15 is 0 Å². The standard InChI is InChI=1S/C12H22N4OS2/c1-5-7-13-12-15-14-10(19-12)11(17)16(3)9(6-2)8-18-4/h9H,5-8H2,1-4H3,(H,13,15). The van der Waals surface area contributed by atoms with Crippen molar-refractivity contribution in [1.82, 2.24) is 15.1 Å². The van der Waals surface area contributed by atoms with E-state index in [1.54, 1.807) is 16.7 Å². The Bertz CT molecular complexity index is 397. The minimum atomic E-state index is -0.0389. The highest BCUT2D eigenvalue weighted by molar-refractivity contribution is 7.98. The first-order valence-electron chi connectivity index (χ1n) is 6.47. The number of rotatable bonds is 8. The van der Waals surface area contributed by atoms with E-state index < -0.39 is 0 Å². The molecule has 0 aliphatic carbocycles. The van der Waals surface area contributed by atoms with E-state index in [0.29, 0.717) is 5.01 Å². The van der Waals surface area contributed by atoms with Crippen LogP contribution in [0.1, 0.15) is 36.5 Å². The zero-order chi connectivity index (χ0) is 14.3. The van der Waals surface area contributed by atoms with Crippen molar-refractivity contribution in [3.63, 3.8) is 0 Å². The summed E-state index contributed by atoms with van der Waals surface area (Å²) in [6, 6.07) is 0.249. The molecule has 7 heteroatoms. The summed E-state index contributed by atoms with van der Waals surface area (Å²) in [5.41, 5.74) is 0. The maximum absolute atomic E-state index is 12.3. The van der Waals surface area contributed by atoms with Gasteiger partial charge < -0.3 is 10.2 Å². The van der Waals surface area contributed by atoms with Crippen LogP contribution in [0.25, 0.3) is 0 Å². The van der Waals surface area contributed by atoms with E-state index in [1.165, 1.54) is 11.3 Å². The molecule has 1 N–H and O–H groups in total. The van der Waals surface area contributed by atoms with Gasteiger partial charge in [0.25, 0.3) is 5.91 Å². The van der Waals surface area contributed by atoms with Crippen molar-refractivity contribution < 1.29 is 4.79 Å². The van der Waals surface area contributed by atoms with Gasteiger partial charge in [0.1, 0.15) is 0 Å². The summed E-state index contributed by atoms with van der Waals surface area (Å²) in [5, 5.41) is 12.3. The normalized spacial score (nSPS) is 12.2. The summed E-state index contributed by atoms with van der Waals surface area (Å²) in [6.45, 7) is 5.03. The Labute approximate surface area is 123 Å². The monoisotopic (exact) mass is 302 g/mol. The van der Waals surface area contributed by atoms with Crippen LogP contribution in [-0.2, 0) is 0 Å². The van der Waals surface area contributed by atoms with Crippen LogP contribution < -0.4 is 5.32 Å². The molecule has 0 radical (unpaired) electrons. The second kappa shape index (κ2) is 8.37. The Hall–Kier alpha value is -0.820. The molecule has 0 bridgehead atoms. The number of nitrogens with one attached hydrogen (secondary N) is 1. The molecule has 0 saturated heterocycles. The zero-order valence-electron chi connectivity index (χ0n) is 12.0. The van der Waals surface area contributed by atoms with Gasteiger partial charge in [-0.1, -0.05) is 25.2 Å². The lowest BCUT2D eigenvalue weighted by molar-refractivity contribution is 0.0742. The average molecular weight is 302 g/mol. The predicted molar refractivity (Wildman–Crippen MR) is 83.2 cm³/mol. The number of hydrogen-bond acceptors (Lipinski definition) is 6. The summed E-state index contributed by atoms with van der Waals surface area (Å²) >= 11 is 3.08. The van der Waals surface area contributed by atoms with Crippen LogP contribution in [0.15, 0.2) is 0 Å². The molecule has 1 atom stereocenters. The SMILES string of the molecule is CCCNc1nnc(C(=O)N(C)C(CC)CSC)s1. The Morgan fingerprint density at radius 2 is 2.21 bits per heavy atom. The van der Waals surface area contributed by atoms with Crippen LogP contribution in [0.5, 0.6) is 0 Å². The third-order valence-electron chi connectivity index (χ3n) is 2.83. The van der Waals surface area contributed by atoms with Gasteiger partial charge in [-0.2, -0.15) is 11.8 Å². The maximum atomic E-state index is 12.3. The van der Waals surface area contributed by atoms with E-state index in [2.05, 4.69) is 35.6 Å². The third-order valence-corrected chi connectivity index (χ3v) is 4.42. The second-order valence-corrected chi connectivity index (χ2v) is 6.16. The smallest absolute Gasteiger partial charge is 0.284 e. The number of anilines is 1. The first kappa shape index (κ1) is 16.2. The predicted octanol–water partition coefficient (Wildman–Crippen LogP) is 2.57. The molecule has 108 valence electrons. The number of thioether (sulfide) groups is 1. The van der Waals surface area contributed by atoms with E-state index in [-0.39, 0.29) is 11.9 Å². The molecule has 19 heavy (non-hydrogen) atoms. The van der Waals surface area contributed by atoms with Gasteiger partial charge in [-0.25, -0.2) is 0 Å². The van der Waals surface area contributed by atoms with Crippen LogP contribution in [0.4, 0.5) is 5.13 Å². The molecule has 0 aromatic carbocycles. The lowest BCUT2D eigenvalue weighted by atomic mass is 10.2. The quantitative estimate of drug-likeness (QED) is 0.800. The molecule has 1 unspecified atom stereocenters. The molecule has 1 heterocycles.